The van der Waals surface area contributed by atoms with Crippen molar-refractivity contribution in [2.75, 3.05) is 13.6 Å². The second-order valence-corrected chi connectivity index (χ2v) is 5.33. The van der Waals surface area contributed by atoms with Crippen molar-refractivity contribution in [3.05, 3.63) is 34.1 Å². The van der Waals surface area contributed by atoms with Gasteiger partial charge in [0.05, 0.1) is 15.9 Å². The maximum atomic E-state index is 13.1. The molecule has 0 atom stereocenters. The van der Waals surface area contributed by atoms with Crippen molar-refractivity contribution in [1.29, 1.82) is 5.26 Å². The van der Waals surface area contributed by atoms with Crippen LogP contribution in [0.5, 0.6) is 0 Å². The SMILES string of the molecule is CN(CC#N)S(=O)(=O)c1ccc(F)c([N+](=O)[O-])c1. The summed E-state index contributed by atoms with van der Waals surface area (Å²) < 4.78 is 37.4. The Balaban J connectivity index is 3.31. The Kier molecular flexibility index (Phi) is 3.95. The summed E-state index contributed by atoms with van der Waals surface area (Å²) in [6.07, 6.45) is 0. The van der Waals surface area contributed by atoms with E-state index in [-0.39, 0.29) is 0 Å². The number of nitrogens with zero attached hydrogens (tertiary/aromatic N) is 3. The molecule has 7 nitrogen and oxygen atoms in total. The number of rotatable bonds is 4. The first-order valence-corrected chi connectivity index (χ1v) is 6.02. The molecule has 9 heteroatoms. The van der Waals surface area contributed by atoms with E-state index in [2.05, 4.69) is 0 Å². The zero-order valence-electron chi connectivity index (χ0n) is 9.20. The highest BCUT2D eigenvalue weighted by atomic mass is 32.2. The Bertz CT molecular complexity index is 623. The Morgan fingerprint density at radius 1 is 1.56 bits per heavy atom. The molecular formula is C9H8FN3O4S. The Labute approximate surface area is 102 Å². The second-order valence-electron chi connectivity index (χ2n) is 3.29. The number of sulfonamides is 1. The van der Waals surface area contributed by atoms with E-state index in [1.807, 2.05) is 0 Å². The standard InChI is InChI=1S/C9H8FN3O4S/c1-12(5-4-11)18(16,17)7-2-3-8(10)9(6-7)13(14)15/h2-3,6H,5H2,1H3. The first-order valence-electron chi connectivity index (χ1n) is 4.58. The van der Waals surface area contributed by atoms with Crippen molar-refractivity contribution in [1.82, 2.24) is 4.31 Å². The third kappa shape index (κ3) is 2.61. The normalized spacial score (nSPS) is 11.2. The molecule has 0 saturated heterocycles. The van der Waals surface area contributed by atoms with Crippen molar-refractivity contribution in [2.24, 2.45) is 0 Å². The van der Waals surface area contributed by atoms with Gasteiger partial charge < -0.3 is 0 Å². The predicted octanol–water partition coefficient (Wildman–Crippen LogP) is 0.878. The van der Waals surface area contributed by atoms with Crippen molar-refractivity contribution in [3.63, 3.8) is 0 Å². The number of nitro groups is 1. The van der Waals surface area contributed by atoms with Gasteiger partial charge in [-0.1, -0.05) is 0 Å². The van der Waals surface area contributed by atoms with Crippen LogP contribution in [0.1, 0.15) is 0 Å². The van der Waals surface area contributed by atoms with Gasteiger partial charge in [-0.2, -0.15) is 14.0 Å². The molecule has 0 spiro atoms. The van der Waals surface area contributed by atoms with Crippen LogP contribution in [0.2, 0.25) is 0 Å². The fourth-order valence-electron chi connectivity index (χ4n) is 1.16. The van der Waals surface area contributed by atoms with E-state index in [0.29, 0.717) is 16.4 Å². The van der Waals surface area contributed by atoms with Gasteiger partial charge in [0.25, 0.3) is 0 Å². The zero-order valence-corrected chi connectivity index (χ0v) is 10.0. The molecule has 0 aliphatic carbocycles. The van der Waals surface area contributed by atoms with Gasteiger partial charge in [0.15, 0.2) is 0 Å². The summed E-state index contributed by atoms with van der Waals surface area (Å²) in [5, 5.41) is 18.9. The molecule has 1 aromatic rings. The van der Waals surface area contributed by atoms with E-state index >= 15 is 0 Å². The molecule has 0 radical (unpaired) electrons. The minimum absolute atomic E-state index is 0.409. The Morgan fingerprint density at radius 2 is 2.17 bits per heavy atom. The third-order valence-corrected chi connectivity index (χ3v) is 3.92. The predicted molar refractivity (Wildman–Crippen MR) is 58.5 cm³/mol. The number of halogens is 1. The summed E-state index contributed by atoms with van der Waals surface area (Å²) in [5.74, 6) is -1.12. The van der Waals surface area contributed by atoms with Gasteiger partial charge in [0, 0.05) is 13.1 Å². The second kappa shape index (κ2) is 5.07. The highest BCUT2D eigenvalue weighted by Gasteiger charge is 2.24. The Morgan fingerprint density at radius 3 is 2.67 bits per heavy atom. The lowest BCUT2D eigenvalue weighted by Gasteiger charge is -2.13. The highest BCUT2D eigenvalue weighted by Crippen LogP contribution is 2.23. The summed E-state index contributed by atoms with van der Waals surface area (Å²) in [6, 6.07) is 3.86. The molecule has 96 valence electrons. The van der Waals surface area contributed by atoms with Gasteiger partial charge in [-0.05, 0) is 12.1 Å². The van der Waals surface area contributed by atoms with E-state index < -0.39 is 37.9 Å². The molecule has 1 rings (SSSR count). The van der Waals surface area contributed by atoms with E-state index in [1.54, 1.807) is 6.07 Å². The van der Waals surface area contributed by atoms with Gasteiger partial charge in [-0.15, -0.1) is 0 Å². The molecule has 0 heterocycles. The molecule has 0 unspecified atom stereocenters. The van der Waals surface area contributed by atoms with Crippen molar-refractivity contribution < 1.29 is 17.7 Å². The van der Waals surface area contributed by atoms with E-state index in [1.165, 1.54) is 0 Å². The first-order chi connectivity index (χ1) is 8.30. The number of nitriles is 1. The molecule has 0 aliphatic heterocycles. The molecule has 0 amide bonds. The number of nitro benzene ring substituents is 1. The summed E-state index contributed by atoms with van der Waals surface area (Å²) in [6.45, 7) is -0.409. The fraction of sp³-hybridized carbons (Fsp3) is 0.222. The molecule has 0 fully saturated rings. The smallest absolute Gasteiger partial charge is 0.258 e. The van der Waals surface area contributed by atoms with Gasteiger partial charge >= 0.3 is 5.69 Å². The number of hydrogen-bond acceptors (Lipinski definition) is 5. The molecule has 0 bridgehead atoms. The maximum absolute atomic E-state index is 13.1. The van der Waals surface area contributed by atoms with Gasteiger partial charge in [-0.3, -0.25) is 10.1 Å². The topological polar surface area (TPSA) is 104 Å². The van der Waals surface area contributed by atoms with Gasteiger partial charge in [0.1, 0.15) is 6.54 Å². The molecule has 18 heavy (non-hydrogen) atoms. The summed E-state index contributed by atoms with van der Waals surface area (Å²) in [4.78, 5) is 9.05. The minimum atomic E-state index is -4.03. The van der Waals surface area contributed by atoms with Crippen LogP contribution >= 0.6 is 0 Å². The van der Waals surface area contributed by atoms with Crippen LogP contribution in [0.3, 0.4) is 0 Å². The fourth-order valence-corrected chi connectivity index (χ4v) is 2.25. The monoisotopic (exact) mass is 273 g/mol. The molecule has 0 saturated carbocycles. The van der Waals surface area contributed by atoms with Crippen molar-refractivity contribution in [2.45, 2.75) is 4.90 Å². The molecule has 0 aromatic heterocycles. The average molecular weight is 273 g/mol. The average Bonchev–Trinajstić information content (AvgIpc) is 2.29. The summed E-state index contributed by atoms with van der Waals surface area (Å²) >= 11 is 0. The van der Waals surface area contributed by atoms with Gasteiger partial charge in [0.2, 0.25) is 15.8 Å². The van der Waals surface area contributed by atoms with Crippen LogP contribution in [0.15, 0.2) is 23.1 Å². The van der Waals surface area contributed by atoms with Crippen LogP contribution in [0, 0.1) is 27.3 Å². The summed E-state index contributed by atoms with van der Waals surface area (Å²) in [7, 11) is -2.89. The van der Waals surface area contributed by atoms with Crippen molar-refractivity contribution in [3.8, 4) is 6.07 Å². The van der Waals surface area contributed by atoms with E-state index in [4.69, 9.17) is 5.26 Å². The van der Waals surface area contributed by atoms with Crippen LogP contribution in [0.25, 0.3) is 0 Å². The van der Waals surface area contributed by atoms with Crippen LogP contribution in [-0.4, -0.2) is 31.2 Å². The lowest BCUT2D eigenvalue weighted by atomic mass is 10.3. The first kappa shape index (κ1) is 14.0. The molecule has 0 N–H and O–H groups in total. The molecule has 1 aromatic carbocycles. The van der Waals surface area contributed by atoms with Crippen LogP contribution < -0.4 is 0 Å². The lowest BCUT2D eigenvalue weighted by Crippen LogP contribution is -2.27. The largest absolute Gasteiger partial charge is 0.306 e. The minimum Gasteiger partial charge on any atom is -0.258 e. The maximum Gasteiger partial charge on any atom is 0.306 e. The highest BCUT2D eigenvalue weighted by molar-refractivity contribution is 7.89. The van der Waals surface area contributed by atoms with Crippen LogP contribution in [-0.2, 0) is 10.0 Å². The zero-order chi connectivity index (χ0) is 13.9. The van der Waals surface area contributed by atoms with E-state index in [9.17, 15) is 22.9 Å². The van der Waals surface area contributed by atoms with E-state index in [0.717, 1.165) is 13.1 Å². The molecular weight excluding hydrogens is 265 g/mol. The van der Waals surface area contributed by atoms with Crippen molar-refractivity contribution >= 4 is 15.7 Å². The summed E-state index contributed by atoms with van der Waals surface area (Å²) in [5.41, 5.74) is -0.929. The third-order valence-electron chi connectivity index (χ3n) is 2.12. The molecule has 0 aliphatic rings. The van der Waals surface area contributed by atoms with Crippen LogP contribution in [0.4, 0.5) is 10.1 Å². The number of benzene rings is 1. The Hall–Kier alpha value is -2.05. The number of hydrogen-bond donors (Lipinski definition) is 0. The lowest BCUT2D eigenvalue weighted by molar-refractivity contribution is -0.387. The van der Waals surface area contributed by atoms with Gasteiger partial charge in [-0.25, -0.2) is 8.42 Å². The quantitative estimate of drug-likeness (QED) is 0.460.